The number of hydrogen-bond donors (Lipinski definition) is 6. The van der Waals surface area contributed by atoms with Gasteiger partial charge in [0.25, 0.3) is 0 Å². The Bertz CT molecular complexity index is 1440. The molecule has 0 bridgehead atoms. The predicted molar refractivity (Wildman–Crippen MR) is 186 cm³/mol. The third kappa shape index (κ3) is 19.0. The Balaban J connectivity index is 2.97. The molecule has 1 rings (SSSR count). The van der Waals surface area contributed by atoms with Gasteiger partial charge in [-0.05, 0) is 41.0 Å². The summed E-state index contributed by atoms with van der Waals surface area (Å²) in [5.41, 5.74) is -3.36. The summed E-state index contributed by atoms with van der Waals surface area (Å²) in [5.74, 6) is -7.09. The number of nitrogens with zero attached hydrogens (tertiary/aromatic N) is 5. The number of anilines is 1. The summed E-state index contributed by atoms with van der Waals surface area (Å²) in [6, 6.07) is 0. The van der Waals surface area contributed by atoms with Crippen molar-refractivity contribution in [3.05, 3.63) is 11.1 Å². The van der Waals surface area contributed by atoms with Crippen LogP contribution in [0.5, 0.6) is 0 Å². The topological polar surface area (TPSA) is 278 Å². The highest BCUT2D eigenvalue weighted by Gasteiger charge is 2.36. The Morgan fingerprint density at radius 3 is 1.77 bits per heavy atom. The Morgan fingerprint density at radius 2 is 1.29 bits per heavy atom. The molecule has 1 aromatic heterocycles. The molecule has 0 saturated heterocycles. The van der Waals surface area contributed by atoms with Crippen LogP contribution in [-0.4, -0.2) is 164 Å². The molecule has 52 heavy (non-hydrogen) atoms. The normalized spacial score (nSPS) is 12.1. The maximum atomic E-state index is 12.9. The van der Waals surface area contributed by atoms with E-state index in [1.165, 1.54) is 33.9 Å². The van der Waals surface area contributed by atoms with E-state index in [1.54, 1.807) is 20.8 Å². The number of thiazole rings is 1. The predicted octanol–water partition coefficient (Wildman–Crippen LogP) is 0.0833. The second kappa shape index (κ2) is 21.6. The minimum Gasteiger partial charge on any atom is -0.480 e. The minimum atomic E-state index is -1.66. The number of aliphatic carboxylic acids is 4. The molecule has 1 aromatic rings. The van der Waals surface area contributed by atoms with Gasteiger partial charge in [0.15, 0.2) is 5.13 Å². The molecule has 6 N–H and O–H groups in total. The van der Waals surface area contributed by atoms with Crippen LogP contribution < -0.4 is 10.6 Å². The zero-order valence-electron chi connectivity index (χ0n) is 30.2. The third-order valence-corrected chi connectivity index (χ3v) is 7.34. The van der Waals surface area contributed by atoms with Crippen LogP contribution in [-0.2, 0) is 43.1 Å². The van der Waals surface area contributed by atoms with E-state index in [1.807, 2.05) is 6.92 Å². The van der Waals surface area contributed by atoms with Crippen molar-refractivity contribution in [1.82, 2.24) is 25.0 Å². The van der Waals surface area contributed by atoms with Crippen LogP contribution in [0.1, 0.15) is 60.1 Å². The van der Waals surface area contributed by atoms with Crippen LogP contribution in [0.3, 0.4) is 0 Å². The van der Waals surface area contributed by atoms with Crippen molar-refractivity contribution in [1.29, 1.82) is 0 Å². The maximum absolute atomic E-state index is 12.9. The van der Waals surface area contributed by atoms with Crippen molar-refractivity contribution in [2.24, 2.45) is 5.16 Å². The van der Waals surface area contributed by atoms with Crippen LogP contribution in [0.2, 0.25) is 0 Å². The number of carboxylic acid groups (broad SMARTS) is 4. The Morgan fingerprint density at radius 1 is 0.788 bits per heavy atom. The zero-order valence-corrected chi connectivity index (χ0v) is 31.0. The van der Waals surface area contributed by atoms with Crippen molar-refractivity contribution >= 4 is 63.8 Å². The summed E-state index contributed by atoms with van der Waals surface area (Å²) in [7, 11) is 0. The summed E-state index contributed by atoms with van der Waals surface area (Å²) >= 11 is 0.842. The summed E-state index contributed by atoms with van der Waals surface area (Å²) in [4.78, 5) is 97.3. The fourth-order valence-corrected chi connectivity index (χ4v) is 4.81. The van der Waals surface area contributed by atoms with Gasteiger partial charge in [-0.1, -0.05) is 18.5 Å². The molecule has 0 radical (unpaired) electrons. The number of hydrogen-bond acceptors (Lipinski definition) is 15. The van der Waals surface area contributed by atoms with Gasteiger partial charge in [0.05, 0.1) is 32.7 Å². The number of ether oxygens (including phenoxy) is 1. The first-order chi connectivity index (χ1) is 24.1. The molecule has 1 heterocycles. The summed E-state index contributed by atoms with van der Waals surface area (Å²) in [6.45, 7) is 7.66. The molecular weight excluding hydrogens is 710 g/mol. The number of aromatic nitrogens is 1. The van der Waals surface area contributed by atoms with Gasteiger partial charge in [-0.15, -0.1) is 11.3 Å². The smallest absolute Gasteiger partial charge is 0.360 e. The summed E-state index contributed by atoms with van der Waals surface area (Å²) < 4.78 is 5.27. The molecule has 2 amide bonds. The lowest BCUT2D eigenvalue weighted by atomic mass is 10.1. The van der Waals surface area contributed by atoms with E-state index in [2.05, 4.69) is 20.8 Å². The Hall–Kier alpha value is -4.73. The first-order valence-corrected chi connectivity index (χ1v) is 17.1. The van der Waals surface area contributed by atoms with E-state index >= 15 is 0 Å². The molecule has 0 spiro atoms. The third-order valence-electron chi connectivity index (χ3n) is 6.58. The van der Waals surface area contributed by atoms with Crippen LogP contribution in [0, 0.1) is 0 Å². The van der Waals surface area contributed by atoms with Gasteiger partial charge in [-0.3, -0.25) is 38.7 Å². The minimum absolute atomic E-state index is 0.0117. The van der Waals surface area contributed by atoms with Gasteiger partial charge in [0.1, 0.15) is 11.3 Å². The average Bonchev–Trinajstić information content (AvgIpc) is 3.44. The fraction of sp³-hybridized carbons (Fsp3) is 0.645. The highest BCUT2D eigenvalue weighted by Crippen LogP contribution is 2.20. The number of rotatable bonds is 25. The van der Waals surface area contributed by atoms with Crippen molar-refractivity contribution < 1.29 is 63.6 Å². The quantitative estimate of drug-likeness (QED) is 0.0333. The Kier molecular flexibility index (Phi) is 18.8. The molecule has 0 atom stereocenters. The van der Waals surface area contributed by atoms with Gasteiger partial charge in [0, 0.05) is 38.1 Å². The van der Waals surface area contributed by atoms with Crippen molar-refractivity contribution in [3.63, 3.8) is 0 Å². The highest BCUT2D eigenvalue weighted by molar-refractivity contribution is 7.14. The Labute approximate surface area is 304 Å². The number of carbonyl (C=O) groups is 7. The average molecular weight is 760 g/mol. The van der Waals surface area contributed by atoms with Crippen LogP contribution in [0.25, 0.3) is 0 Å². The molecule has 0 aromatic carbocycles. The number of nitrogens with one attached hydrogen (secondary N) is 2. The second-order valence-corrected chi connectivity index (χ2v) is 13.9. The standard InChI is InChI=1S/C31H49N7O13S/c1-7-8-9-32-21(39)14-37(17-24(43)44)12-10-36(16-23(41)42)11-13-38(18-25(45)46)15-22(40)34-29-33-20(19-52-29)26(27(47)48)35-51-31(5,6)28(49)50-30(2,3)4/h19H,7-18H2,1-6H3,(H,32,39)(H,41,42)(H,43,44)(H,45,46)(H,47,48)(H,33,34,40)/b35-26+. The summed E-state index contributed by atoms with van der Waals surface area (Å²) in [5, 5.41) is 47.8. The van der Waals surface area contributed by atoms with Gasteiger partial charge in [-0.2, -0.15) is 0 Å². The van der Waals surface area contributed by atoms with Crippen LogP contribution >= 0.6 is 11.3 Å². The van der Waals surface area contributed by atoms with E-state index < -0.39 is 78.8 Å². The maximum Gasteiger partial charge on any atom is 0.360 e. The number of oxime groups is 1. The largest absolute Gasteiger partial charge is 0.480 e. The van der Waals surface area contributed by atoms with Crippen LogP contribution in [0.15, 0.2) is 10.5 Å². The molecule has 0 unspecified atom stereocenters. The monoisotopic (exact) mass is 759 g/mol. The molecule has 0 aliphatic heterocycles. The number of carboxylic acids is 4. The lowest BCUT2D eigenvalue weighted by Crippen LogP contribution is -2.47. The van der Waals surface area contributed by atoms with Gasteiger partial charge >= 0.3 is 29.8 Å². The number of esters is 1. The van der Waals surface area contributed by atoms with Gasteiger partial charge < -0.3 is 40.6 Å². The lowest BCUT2D eigenvalue weighted by Gasteiger charge is -2.28. The molecular formula is C31H49N7O13S. The van der Waals surface area contributed by atoms with Crippen molar-refractivity contribution in [2.75, 3.05) is 70.8 Å². The second-order valence-electron chi connectivity index (χ2n) is 13.0. The zero-order chi connectivity index (χ0) is 39.6. The molecule has 0 saturated carbocycles. The lowest BCUT2D eigenvalue weighted by molar-refractivity contribution is -0.179. The first-order valence-electron chi connectivity index (χ1n) is 16.2. The van der Waals surface area contributed by atoms with E-state index in [9.17, 15) is 54.0 Å². The van der Waals surface area contributed by atoms with E-state index in [4.69, 9.17) is 9.57 Å². The van der Waals surface area contributed by atoms with Crippen LogP contribution in [0.4, 0.5) is 5.13 Å². The van der Waals surface area contributed by atoms with E-state index in [-0.39, 0.29) is 49.5 Å². The van der Waals surface area contributed by atoms with E-state index in [0.717, 1.165) is 24.2 Å². The highest BCUT2D eigenvalue weighted by atomic mass is 32.1. The molecule has 20 nitrogen and oxygen atoms in total. The SMILES string of the molecule is CCCCNC(=O)CN(CCN(CCN(CC(=O)O)CC(=O)Nc1nc(/C(=N\OC(C)(C)C(=O)OC(C)(C)C)C(=O)O)cs1)CC(=O)O)CC(=O)O. The molecule has 21 heteroatoms. The van der Waals surface area contributed by atoms with Gasteiger partial charge in [-0.25, -0.2) is 14.6 Å². The number of carbonyl (C=O) groups excluding carboxylic acids is 3. The fourth-order valence-electron chi connectivity index (χ4n) is 4.10. The summed E-state index contributed by atoms with van der Waals surface area (Å²) in [6.07, 6.45) is 1.60. The van der Waals surface area contributed by atoms with Crippen molar-refractivity contribution in [2.45, 2.75) is 65.6 Å². The molecule has 0 aliphatic carbocycles. The molecule has 0 fully saturated rings. The van der Waals surface area contributed by atoms with E-state index in [0.29, 0.717) is 6.54 Å². The van der Waals surface area contributed by atoms with Gasteiger partial charge in [0.2, 0.25) is 23.1 Å². The first kappa shape index (κ1) is 45.3. The number of unbranched alkanes of at least 4 members (excludes halogenated alkanes) is 1. The molecule has 0 aliphatic rings. The number of amides is 2. The van der Waals surface area contributed by atoms with Crippen molar-refractivity contribution in [3.8, 4) is 0 Å². The molecule has 292 valence electrons.